The second kappa shape index (κ2) is 9.38. The lowest BCUT2D eigenvalue weighted by molar-refractivity contribution is -0.116. The van der Waals surface area contributed by atoms with Gasteiger partial charge >= 0.3 is 0 Å². The Hall–Kier alpha value is -3.34. The number of amides is 1. The number of rotatable bonds is 8. The molecule has 1 amide bonds. The van der Waals surface area contributed by atoms with Crippen LogP contribution >= 0.6 is 0 Å². The van der Waals surface area contributed by atoms with Crippen molar-refractivity contribution in [3.63, 3.8) is 0 Å². The van der Waals surface area contributed by atoms with E-state index in [9.17, 15) is 4.79 Å². The van der Waals surface area contributed by atoms with Gasteiger partial charge in [-0.15, -0.1) is 0 Å². The standard InChI is InChI=1S/C22H22N2O3/c1-26-20-11-10-19(14-21(20)27-16-18-8-5-13-23-15-18)24-22(25)12-9-17-6-3-2-4-7-17/h2-8,10-11,13-15H,9,12,16H2,1H3,(H,24,25). The minimum atomic E-state index is -0.0396. The van der Waals surface area contributed by atoms with E-state index in [0.717, 1.165) is 11.1 Å². The summed E-state index contributed by atoms with van der Waals surface area (Å²) in [5, 5.41) is 2.92. The molecular weight excluding hydrogens is 340 g/mol. The van der Waals surface area contributed by atoms with Crippen LogP contribution in [0, 0.1) is 0 Å². The summed E-state index contributed by atoms with van der Waals surface area (Å²) < 4.78 is 11.2. The van der Waals surface area contributed by atoms with Crippen molar-refractivity contribution in [3.8, 4) is 11.5 Å². The Morgan fingerprint density at radius 2 is 1.81 bits per heavy atom. The highest BCUT2D eigenvalue weighted by atomic mass is 16.5. The summed E-state index contributed by atoms with van der Waals surface area (Å²) in [6, 6.07) is 19.1. The van der Waals surface area contributed by atoms with E-state index < -0.39 is 0 Å². The Morgan fingerprint density at radius 1 is 1.00 bits per heavy atom. The van der Waals surface area contributed by atoms with Gasteiger partial charge in [-0.25, -0.2) is 0 Å². The monoisotopic (exact) mass is 362 g/mol. The van der Waals surface area contributed by atoms with Crippen LogP contribution in [0.1, 0.15) is 17.5 Å². The third-order valence-electron chi connectivity index (χ3n) is 4.05. The van der Waals surface area contributed by atoms with Crippen LogP contribution in [-0.4, -0.2) is 18.0 Å². The second-order valence-electron chi connectivity index (χ2n) is 6.05. The minimum Gasteiger partial charge on any atom is -0.493 e. The molecule has 5 heteroatoms. The van der Waals surface area contributed by atoms with E-state index in [4.69, 9.17) is 9.47 Å². The number of nitrogens with one attached hydrogen (secondary N) is 1. The maximum Gasteiger partial charge on any atom is 0.224 e. The molecule has 0 aliphatic carbocycles. The smallest absolute Gasteiger partial charge is 0.224 e. The van der Waals surface area contributed by atoms with Gasteiger partial charge in [0.1, 0.15) is 6.61 Å². The largest absolute Gasteiger partial charge is 0.493 e. The predicted molar refractivity (Wildman–Crippen MR) is 105 cm³/mol. The molecule has 0 unspecified atom stereocenters. The van der Waals surface area contributed by atoms with Crippen LogP contribution in [0.15, 0.2) is 73.1 Å². The third-order valence-corrected chi connectivity index (χ3v) is 4.05. The number of pyridine rings is 1. The first-order chi connectivity index (χ1) is 13.2. The van der Waals surface area contributed by atoms with Crippen LogP contribution in [0.25, 0.3) is 0 Å². The molecule has 1 N–H and O–H groups in total. The van der Waals surface area contributed by atoms with E-state index in [1.54, 1.807) is 37.7 Å². The summed E-state index contributed by atoms with van der Waals surface area (Å²) >= 11 is 0. The van der Waals surface area contributed by atoms with Crippen LogP contribution in [0.5, 0.6) is 11.5 Å². The van der Waals surface area contributed by atoms with E-state index in [2.05, 4.69) is 10.3 Å². The van der Waals surface area contributed by atoms with Gasteiger partial charge < -0.3 is 14.8 Å². The maximum absolute atomic E-state index is 12.2. The molecule has 138 valence electrons. The highest BCUT2D eigenvalue weighted by molar-refractivity contribution is 5.91. The first-order valence-electron chi connectivity index (χ1n) is 8.78. The predicted octanol–water partition coefficient (Wildman–Crippen LogP) is 4.24. The van der Waals surface area contributed by atoms with Gasteiger partial charge in [0.2, 0.25) is 5.91 Å². The van der Waals surface area contributed by atoms with Crippen LogP contribution in [0.2, 0.25) is 0 Å². The van der Waals surface area contributed by atoms with Crippen molar-refractivity contribution >= 4 is 11.6 Å². The maximum atomic E-state index is 12.2. The normalized spacial score (nSPS) is 10.3. The molecule has 0 saturated carbocycles. The zero-order valence-electron chi connectivity index (χ0n) is 15.2. The van der Waals surface area contributed by atoms with Crippen LogP contribution in [0.3, 0.4) is 0 Å². The number of methoxy groups -OCH3 is 1. The van der Waals surface area contributed by atoms with Gasteiger partial charge in [0.05, 0.1) is 7.11 Å². The molecule has 3 rings (SSSR count). The number of nitrogens with zero attached hydrogens (tertiary/aromatic N) is 1. The molecule has 1 aromatic heterocycles. The van der Waals surface area contributed by atoms with E-state index in [1.165, 1.54) is 0 Å². The number of ether oxygens (including phenoxy) is 2. The van der Waals surface area contributed by atoms with E-state index in [0.29, 0.717) is 36.6 Å². The van der Waals surface area contributed by atoms with Gasteiger partial charge in [0.15, 0.2) is 11.5 Å². The third kappa shape index (κ3) is 5.57. The Balaban J connectivity index is 1.61. The van der Waals surface area contributed by atoms with E-state index >= 15 is 0 Å². The van der Waals surface area contributed by atoms with Crippen molar-refractivity contribution in [1.29, 1.82) is 0 Å². The molecule has 5 nitrogen and oxygen atoms in total. The van der Waals surface area contributed by atoms with Crippen molar-refractivity contribution in [2.24, 2.45) is 0 Å². The van der Waals surface area contributed by atoms with Gasteiger partial charge in [0.25, 0.3) is 0 Å². The molecule has 0 atom stereocenters. The fraction of sp³-hybridized carbons (Fsp3) is 0.182. The molecule has 3 aromatic rings. The van der Waals surface area contributed by atoms with Gasteiger partial charge in [-0.3, -0.25) is 9.78 Å². The first kappa shape index (κ1) is 18.5. The van der Waals surface area contributed by atoms with Crippen molar-refractivity contribution in [3.05, 3.63) is 84.2 Å². The number of anilines is 1. The lowest BCUT2D eigenvalue weighted by atomic mass is 10.1. The molecule has 2 aromatic carbocycles. The number of aromatic nitrogens is 1. The van der Waals surface area contributed by atoms with Crippen molar-refractivity contribution < 1.29 is 14.3 Å². The average molecular weight is 362 g/mol. The number of hydrogen-bond donors (Lipinski definition) is 1. The molecule has 0 aliphatic heterocycles. The number of carbonyl (C=O) groups excluding carboxylic acids is 1. The zero-order chi connectivity index (χ0) is 18.9. The molecule has 27 heavy (non-hydrogen) atoms. The highest BCUT2D eigenvalue weighted by Gasteiger charge is 2.09. The Kier molecular flexibility index (Phi) is 6.41. The number of carbonyl (C=O) groups is 1. The lowest BCUT2D eigenvalue weighted by Gasteiger charge is -2.13. The van der Waals surface area contributed by atoms with Crippen molar-refractivity contribution in [1.82, 2.24) is 4.98 Å². The molecule has 0 bridgehead atoms. The molecule has 0 aliphatic rings. The quantitative estimate of drug-likeness (QED) is 0.651. The summed E-state index contributed by atoms with van der Waals surface area (Å²) in [7, 11) is 1.59. The topological polar surface area (TPSA) is 60.5 Å². The van der Waals surface area contributed by atoms with Gasteiger partial charge in [-0.2, -0.15) is 0 Å². The fourth-order valence-corrected chi connectivity index (χ4v) is 2.64. The first-order valence-corrected chi connectivity index (χ1v) is 8.78. The summed E-state index contributed by atoms with van der Waals surface area (Å²) in [6.45, 7) is 0.371. The fourth-order valence-electron chi connectivity index (χ4n) is 2.64. The summed E-state index contributed by atoms with van der Waals surface area (Å²) in [4.78, 5) is 16.3. The Morgan fingerprint density at radius 3 is 2.56 bits per heavy atom. The Bertz CT molecular complexity index is 867. The molecular formula is C22H22N2O3. The molecule has 0 saturated heterocycles. The number of hydrogen-bond acceptors (Lipinski definition) is 4. The molecule has 0 radical (unpaired) electrons. The van der Waals surface area contributed by atoms with Crippen LogP contribution < -0.4 is 14.8 Å². The minimum absolute atomic E-state index is 0.0396. The zero-order valence-corrected chi connectivity index (χ0v) is 15.2. The van der Waals surface area contributed by atoms with E-state index in [1.807, 2.05) is 42.5 Å². The molecule has 1 heterocycles. The molecule has 0 spiro atoms. The average Bonchev–Trinajstić information content (AvgIpc) is 2.72. The van der Waals surface area contributed by atoms with Crippen molar-refractivity contribution in [2.75, 3.05) is 12.4 Å². The van der Waals surface area contributed by atoms with Crippen molar-refractivity contribution in [2.45, 2.75) is 19.4 Å². The van der Waals surface area contributed by atoms with E-state index in [-0.39, 0.29) is 5.91 Å². The second-order valence-corrected chi connectivity index (χ2v) is 6.05. The summed E-state index contributed by atoms with van der Waals surface area (Å²) in [5.41, 5.74) is 2.77. The lowest BCUT2D eigenvalue weighted by Crippen LogP contribution is -2.12. The summed E-state index contributed by atoms with van der Waals surface area (Å²) in [5.74, 6) is 1.14. The SMILES string of the molecule is COc1ccc(NC(=O)CCc2ccccc2)cc1OCc1cccnc1. The summed E-state index contributed by atoms with van der Waals surface area (Å²) in [6.07, 6.45) is 4.59. The van der Waals surface area contributed by atoms with Gasteiger partial charge in [-0.05, 0) is 30.2 Å². The van der Waals surface area contributed by atoms with Crippen LogP contribution in [-0.2, 0) is 17.8 Å². The number of benzene rings is 2. The molecule has 0 fully saturated rings. The van der Waals surface area contributed by atoms with Gasteiger partial charge in [-0.1, -0.05) is 36.4 Å². The van der Waals surface area contributed by atoms with Crippen LogP contribution in [0.4, 0.5) is 5.69 Å². The van der Waals surface area contributed by atoms with Gasteiger partial charge in [0, 0.05) is 36.1 Å². The number of aryl methyl sites for hydroxylation is 1. The Labute approximate surface area is 159 Å². The highest BCUT2D eigenvalue weighted by Crippen LogP contribution is 2.31.